The molecule has 2 aromatic heterocycles. The van der Waals surface area contributed by atoms with Gasteiger partial charge in [-0.15, -0.1) is 5.10 Å². The van der Waals surface area contributed by atoms with Crippen molar-refractivity contribution in [2.75, 3.05) is 5.32 Å². The molecular formula is C14H12ClN7O3. The number of halogens is 1. The van der Waals surface area contributed by atoms with Crippen LogP contribution in [-0.4, -0.2) is 35.2 Å². The van der Waals surface area contributed by atoms with Crippen LogP contribution in [0.1, 0.15) is 10.4 Å². The fraction of sp³-hybridized carbons (Fsp3) is 0.143. The lowest BCUT2D eigenvalue weighted by molar-refractivity contribution is 0.102. The number of anilines is 1. The number of carbonyl (C=O) groups excluding carboxylic acids is 1. The zero-order valence-corrected chi connectivity index (χ0v) is 13.9. The molecule has 0 unspecified atom stereocenters. The van der Waals surface area contributed by atoms with Crippen molar-refractivity contribution in [2.45, 2.75) is 0 Å². The lowest BCUT2D eigenvalue weighted by atomic mass is 10.2. The van der Waals surface area contributed by atoms with Crippen molar-refractivity contribution >= 4 is 23.2 Å². The lowest BCUT2D eigenvalue weighted by Crippen LogP contribution is -2.38. The number of carbonyl (C=O) groups is 1. The number of hydrogen-bond acceptors (Lipinski definition) is 6. The minimum Gasteiger partial charge on any atom is -0.316 e. The van der Waals surface area contributed by atoms with E-state index in [9.17, 15) is 14.4 Å². The van der Waals surface area contributed by atoms with Gasteiger partial charge in [0, 0.05) is 20.3 Å². The summed E-state index contributed by atoms with van der Waals surface area (Å²) < 4.78 is 3.48. The van der Waals surface area contributed by atoms with Gasteiger partial charge in [0.25, 0.3) is 11.5 Å². The highest BCUT2D eigenvalue weighted by Crippen LogP contribution is 2.20. The Balaban J connectivity index is 1.92. The van der Waals surface area contributed by atoms with Gasteiger partial charge in [0.05, 0.1) is 16.3 Å². The largest absolute Gasteiger partial charge is 0.330 e. The van der Waals surface area contributed by atoms with E-state index in [4.69, 9.17) is 11.6 Å². The third-order valence-corrected chi connectivity index (χ3v) is 3.82. The minimum absolute atomic E-state index is 0.0322. The number of aryl methyl sites for hydroxylation is 1. The molecule has 0 aliphatic heterocycles. The minimum atomic E-state index is -0.613. The zero-order valence-electron chi connectivity index (χ0n) is 13.2. The first-order chi connectivity index (χ1) is 11.9. The molecule has 11 heteroatoms. The second kappa shape index (κ2) is 6.32. The van der Waals surface area contributed by atoms with E-state index in [0.717, 1.165) is 4.57 Å². The smallest absolute Gasteiger partial charge is 0.316 e. The van der Waals surface area contributed by atoms with E-state index in [1.807, 2.05) is 0 Å². The number of hydrogen-bond donors (Lipinski definition) is 1. The van der Waals surface area contributed by atoms with Gasteiger partial charge in [-0.05, 0) is 28.6 Å². The van der Waals surface area contributed by atoms with Crippen LogP contribution >= 0.6 is 11.6 Å². The van der Waals surface area contributed by atoms with E-state index in [-0.39, 0.29) is 16.3 Å². The standard InChI is InChI=1S/C14H12ClN7O3/c1-20-6-11(13(24)21(2)14(20)25)17-12(23)9-4-3-8(5-10(9)15)22-7-16-18-19-22/h3-7H,1-2H3,(H,17,23). The number of aromatic nitrogens is 6. The average molecular weight is 362 g/mol. The SMILES string of the molecule is Cn1cc(NC(=O)c2ccc(-n3cnnn3)cc2Cl)c(=O)n(C)c1=O. The van der Waals surface area contributed by atoms with Crippen LogP contribution in [0, 0.1) is 0 Å². The van der Waals surface area contributed by atoms with Gasteiger partial charge in [-0.25, -0.2) is 9.48 Å². The molecule has 0 radical (unpaired) electrons. The molecule has 1 amide bonds. The molecule has 128 valence electrons. The molecule has 10 nitrogen and oxygen atoms in total. The highest BCUT2D eigenvalue weighted by Gasteiger charge is 2.15. The normalized spacial score (nSPS) is 10.7. The van der Waals surface area contributed by atoms with Crippen LogP contribution in [0.25, 0.3) is 5.69 Å². The number of tetrazole rings is 1. The van der Waals surface area contributed by atoms with Crippen LogP contribution in [0.15, 0.2) is 40.3 Å². The van der Waals surface area contributed by atoms with Crippen LogP contribution in [0.5, 0.6) is 0 Å². The van der Waals surface area contributed by atoms with Crippen molar-refractivity contribution in [2.24, 2.45) is 14.1 Å². The van der Waals surface area contributed by atoms with E-state index in [1.165, 1.54) is 48.0 Å². The quantitative estimate of drug-likeness (QED) is 0.700. The summed E-state index contributed by atoms with van der Waals surface area (Å²) in [5.74, 6) is -0.580. The molecule has 0 atom stereocenters. The summed E-state index contributed by atoms with van der Waals surface area (Å²) in [5, 5.41) is 13.4. The van der Waals surface area contributed by atoms with Crippen molar-refractivity contribution in [1.82, 2.24) is 29.3 Å². The molecule has 2 heterocycles. The summed E-state index contributed by atoms with van der Waals surface area (Å²) in [6, 6.07) is 4.61. The maximum Gasteiger partial charge on any atom is 0.330 e. The van der Waals surface area contributed by atoms with E-state index in [1.54, 1.807) is 6.07 Å². The molecule has 0 saturated heterocycles. The first-order valence-corrected chi connectivity index (χ1v) is 7.37. The highest BCUT2D eigenvalue weighted by molar-refractivity contribution is 6.34. The fourth-order valence-electron chi connectivity index (χ4n) is 2.19. The summed E-state index contributed by atoms with van der Waals surface area (Å²) in [5.41, 5.74) is -0.404. The zero-order chi connectivity index (χ0) is 18.1. The van der Waals surface area contributed by atoms with E-state index in [0.29, 0.717) is 5.69 Å². The number of amides is 1. The number of benzene rings is 1. The van der Waals surface area contributed by atoms with E-state index in [2.05, 4.69) is 20.8 Å². The second-order valence-corrected chi connectivity index (χ2v) is 5.58. The summed E-state index contributed by atoms with van der Waals surface area (Å²) >= 11 is 6.15. The molecule has 0 spiro atoms. The average Bonchev–Trinajstić information content (AvgIpc) is 3.12. The van der Waals surface area contributed by atoms with Crippen LogP contribution in [0.2, 0.25) is 5.02 Å². The summed E-state index contributed by atoms with van der Waals surface area (Å²) in [4.78, 5) is 36.2. The molecule has 0 bridgehead atoms. The van der Waals surface area contributed by atoms with Gasteiger partial charge in [0.15, 0.2) is 0 Å². The Kier molecular flexibility index (Phi) is 4.19. The summed E-state index contributed by atoms with van der Waals surface area (Å²) in [7, 11) is 2.81. The van der Waals surface area contributed by atoms with Gasteiger partial charge in [0.1, 0.15) is 12.0 Å². The summed E-state index contributed by atoms with van der Waals surface area (Å²) in [6.07, 6.45) is 2.64. The van der Waals surface area contributed by atoms with Gasteiger partial charge in [0.2, 0.25) is 0 Å². The highest BCUT2D eigenvalue weighted by atomic mass is 35.5. The van der Waals surface area contributed by atoms with Crippen molar-refractivity contribution in [3.05, 3.63) is 62.1 Å². The fourth-order valence-corrected chi connectivity index (χ4v) is 2.45. The first kappa shape index (κ1) is 16.6. The molecule has 25 heavy (non-hydrogen) atoms. The predicted octanol–water partition coefficient (Wildman–Crippen LogP) is -0.0346. The molecule has 1 N–H and O–H groups in total. The van der Waals surface area contributed by atoms with Gasteiger partial charge in [-0.3, -0.25) is 14.2 Å². The molecule has 3 aromatic rings. The predicted molar refractivity (Wildman–Crippen MR) is 89.0 cm³/mol. The molecule has 0 aliphatic carbocycles. The molecule has 0 aliphatic rings. The Hall–Kier alpha value is -3.27. The topological polar surface area (TPSA) is 117 Å². The molecule has 3 rings (SSSR count). The first-order valence-electron chi connectivity index (χ1n) is 6.99. The molecule has 1 aromatic carbocycles. The Morgan fingerprint density at radius 1 is 1.24 bits per heavy atom. The van der Waals surface area contributed by atoms with Crippen LogP contribution in [0.3, 0.4) is 0 Å². The number of nitrogens with one attached hydrogen (secondary N) is 1. The Labute approximate surface area is 145 Å². The summed E-state index contributed by atoms with van der Waals surface area (Å²) in [6.45, 7) is 0. The lowest BCUT2D eigenvalue weighted by Gasteiger charge is -2.10. The van der Waals surface area contributed by atoms with Gasteiger partial charge in [-0.1, -0.05) is 11.6 Å². The van der Waals surface area contributed by atoms with E-state index < -0.39 is 17.2 Å². The van der Waals surface area contributed by atoms with Crippen LogP contribution in [0.4, 0.5) is 5.69 Å². The second-order valence-electron chi connectivity index (χ2n) is 5.17. The monoisotopic (exact) mass is 361 g/mol. The van der Waals surface area contributed by atoms with Crippen molar-refractivity contribution in [3.8, 4) is 5.69 Å². The van der Waals surface area contributed by atoms with Crippen molar-refractivity contribution in [3.63, 3.8) is 0 Å². The molecule has 0 saturated carbocycles. The van der Waals surface area contributed by atoms with Crippen molar-refractivity contribution in [1.29, 1.82) is 0 Å². The van der Waals surface area contributed by atoms with Crippen molar-refractivity contribution < 1.29 is 4.79 Å². The Morgan fingerprint density at radius 3 is 2.64 bits per heavy atom. The third-order valence-electron chi connectivity index (χ3n) is 3.51. The van der Waals surface area contributed by atoms with Crippen LogP contribution in [-0.2, 0) is 14.1 Å². The molecular weight excluding hydrogens is 350 g/mol. The van der Waals surface area contributed by atoms with Gasteiger partial charge in [-0.2, -0.15) is 0 Å². The maximum absolute atomic E-state index is 12.4. The van der Waals surface area contributed by atoms with E-state index >= 15 is 0 Å². The maximum atomic E-state index is 12.4. The third kappa shape index (κ3) is 3.06. The Morgan fingerprint density at radius 2 is 2.00 bits per heavy atom. The van der Waals surface area contributed by atoms with Gasteiger partial charge < -0.3 is 9.88 Å². The number of nitrogens with zero attached hydrogens (tertiary/aromatic N) is 6. The molecule has 0 fully saturated rings. The van der Waals surface area contributed by atoms with Gasteiger partial charge >= 0.3 is 5.69 Å². The number of rotatable bonds is 3. The van der Waals surface area contributed by atoms with Crippen LogP contribution < -0.4 is 16.6 Å². The Bertz CT molecular complexity index is 1070.